The molecule has 1 heterocycles. The first kappa shape index (κ1) is 10.1. The Bertz CT molecular complexity index is 379. The van der Waals surface area contributed by atoms with Crippen LogP contribution < -0.4 is 0 Å². The number of rotatable bonds is 2. The molecule has 0 aliphatic heterocycles. The lowest BCUT2D eigenvalue weighted by atomic mass is 9.85. The van der Waals surface area contributed by atoms with Crippen LogP contribution in [0.5, 0.6) is 0 Å². The van der Waals surface area contributed by atoms with Gasteiger partial charge in [-0.15, -0.1) is 0 Å². The highest BCUT2D eigenvalue weighted by molar-refractivity contribution is 6.02. The van der Waals surface area contributed by atoms with Gasteiger partial charge in [-0.05, 0) is 6.92 Å². The number of aromatic nitrogens is 2. The smallest absolute Gasteiger partial charge is 0.140 e. The van der Waals surface area contributed by atoms with Crippen molar-refractivity contribution in [2.75, 3.05) is 0 Å². The second-order valence-electron chi connectivity index (χ2n) is 3.96. The lowest BCUT2D eigenvalue weighted by Gasteiger charge is -2.20. The van der Waals surface area contributed by atoms with Crippen molar-refractivity contribution in [3.05, 3.63) is 18.2 Å². The predicted molar refractivity (Wildman–Crippen MR) is 54.5 cm³/mol. The molecular formula is C11H14N2O2. The standard InChI is InChI=1S/C11H14N2O2/c1-2-13-7-12-6-11(13)8-3-9(14)5-10(15)4-8/h6-8H,2-5H2,1H3. The molecule has 1 aliphatic rings. The van der Waals surface area contributed by atoms with Crippen LogP contribution in [0.2, 0.25) is 0 Å². The van der Waals surface area contributed by atoms with Crippen molar-refractivity contribution in [1.29, 1.82) is 0 Å². The Morgan fingerprint density at radius 1 is 1.40 bits per heavy atom. The van der Waals surface area contributed by atoms with E-state index in [-0.39, 0.29) is 23.9 Å². The van der Waals surface area contributed by atoms with Crippen molar-refractivity contribution in [3.8, 4) is 0 Å². The first-order valence-corrected chi connectivity index (χ1v) is 5.24. The zero-order chi connectivity index (χ0) is 10.8. The molecule has 1 saturated carbocycles. The van der Waals surface area contributed by atoms with Gasteiger partial charge in [-0.2, -0.15) is 0 Å². The van der Waals surface area contributed by atoms with Crippen molar-refractivity contribution < 1.29 is 9.59 Å². The molecule has 0 spiro atoms. The van der Waals surface area contributed by atoms with Gasteiger partial charge in [0, 0.05) is 37.2 Å². The fourth-order valence-corrected chi connectivity index (χ4v) is 2.13. The van der Waals surface area contributed by atoms with Crippen LogP contribution in [0.4, 0.5) is 0 Å². The number of carbonyl (C=O) groups excluding carboxylic acids is 2. The van der Waals surface area contributed by atoms with E-state index in [1.165, 1.54) is 0 Å². The highest BCUT2D eigenvalue weighted by Crippen LogP contribution is 2.28. The molecule has 0 radical (unpaired) electrons. The Hall–Kier alpha value is -1.45. The molecule has 0 N–H and O–H groups in total. The topological polar surface area (TPSA) is 52.0 Å². The second kappa shape index (κ2) is 3.96. The average molecular weight is 206 g/mol. The summed E-state index contributed by atoms with van der Waals surface area (Å²) in [6.45, 7) is 2.85. The van der Waals surface area contributed by atoms with Crippen LogP contribution in [0, 0.1) is 0 Å². The number of aryl methyl sites for hydroxylation is 1. The van der Waals surface area contributed by atoms with Crippen LogP contribution in [0.15, 0.2) is 12.5 Å². The third kappa shape index (κ3) is 1.98. The van der Waals surface area contributed by atoms with Gasteiger partial charge in [0.15, 0.2) is 0 Å². The predicted octanol–water partition coefficient (Wildman–Crippen LogP) is 1.31. The largest absolute Gasteiger partial charge is 0.335 e. The number of hydrogen-bond acceptors (Lipinski definition) is 3. The summed E-state index contributed by atoms with van der Waals surface area (Å²) in [5.74, 6) is 0.154. The Morgan fingerprint density at radius 3 is 2.67 bits per heavy atom. The molecule has 4 nitrogen and oxygen atoms in total. The zero-order valence-electron chi connectivity index (χ0n) is 8.77. The molecule has 2 rings (SSSR count). The van der Waals surface area contributed by atoms with Crippen LogP contribution in [-0.4, -0.2) is 21.1 Å². The monoisotopic (exact) mass is 206 g/mol. The highest BCUT2D eigenvalue weighted by Gasteiger charge is 2.28. The summed E-state index contributed by atoms with van der Waals surface area (Å²) in [6, 6.07) is 0. The SMILES string of the molecule is CCn1cncc1C1CC(=O)CC(=O)C1. The highest BCUT2D eigenvalue weighted by atomic mass is 16.1. The minimum atomic E-state index is 0.0428. The maximum Gasteiger partial charge on any atom is 0.140 e. The van der Waals surface area contributed by atoms with E-state index in [4.69, 9.17) is 0 Å². The van der Waals surface area contributed by atoms with E-state index in [9.17, 15) is 9.59 Å². The van der Waals surface area contributed by atoms with Crippen LogP contribution in [-0.2, 0) is 16.1 Å². The van der Waals surface area contributed by atoms with Crippen LogP contribution in [0.1, 0.15) is 37.8 Å². The van der Waals surface area contributed by atoms with E-state index in [1.54, 1.807) is 12.5 Å². The van der Waals surface area contributed by atoms with Gasteiger partial charge in [-0.1, -0.05) is 0 Å². The molecule has 0 bridgehead atoms. The van der Waals surface area contributed by atoms with Crippen LogP contribution in [0.25, 0.3) is 0 Å². The van der Waals surface area contributed by atoms with Gasteiger partial charge in [0.1, 0.15) is 11.6 Å². The third-order valence-electron chi connectivity index (χ3n) is 2.85. The van der Waals surface area contributed by atoms with Gasteiger partial charge in [-0.3, -0.25) is 9.59 Å². The van der Waals surface area contributed by atoms with E-state index in [1.807, 2.05) is 11.5 Å². The average Bonchev–Trinajstić information content (AvgIpc) is 2.63. The maximum absolute atomic E-state index is 11.3. The zero-order valence-corrected chi connectivity index (χ0v) is 8.77. The fraction of sp³-hybridized carbons (Fsp3) is 0.545. The van der Waals surface area contributed by atoms with Gasteiger partial charge in [-0.25, -0.2) is 4.98 Å². The number of carbonyl (C=O) groups is 2. The minimum absolute atomic E-state index is 0.0428. The number of imidazole rings is 1. The van der Waals surface area contributed by atoms with Crippen molar-refractivity contribution in [1.82, 2.24) is 9.55 Å². The summed E-state index contributed by atoms with van der Waals surface area (Å²) < 4.78 is 2.00. The third-order valence-corrected chi connectivity index (χ3v) is 2.85. The number of ketones is 2. The van der Waals surface area contributed by atoms with Crippen LogP contribution >= 0.6 is 0 Å². The molecule has 0 unspecified atom stereocenters. The Balaban J connectivity index is 2.23. The second-order valence-corrected chi connectivity index (χ2v) is 3.96. The van der Waals surface area contributed by atoms with E-state index < -0.39 is 0 Å². The first-order valence-electron chi connectivity index (χ1n) is 5.24. The molecular weight excluding hydrogens is 192 g/mol. The van der Waals surface area contributed by atoms with Gasteiger partial charge in [0.05, 0.1) is 12.7 Å². The molecule has 1 aromatic rings. The Morgan fingerprint density at radius 2 is 2.07 bits per heavy atom. The Kier molecular flexibility index (Phi) is 2.66. The molecule has 1 aliphatic carbocycles. The van der Waals surface area contributed by atoms with Crippen molar-refractivity contribution in [2.45, 2.75) is 38.6 Å². The lowest BCUT2D eigenvalue weighted by molar-refractivity contribution is -0.130. The Labute approximate surface area is 88.3 Å². The minimum Gasteiger partial charge on any atom is -0.335 e. The first-order chi connectivity index (χ1) is 7.20. The van der Waals surface area contributed by atoms with Crippen molar-refractivity contribution >= 4 is 11.6 Å². The molecule has 15 heavy (non-hydrogen) atoms. The summed E-state index contributed by atoms with van der Waals surface area (Å²) in [7, 11) is 0. The normalized spacial score (nSPS) is 18.5. The van der Waals surface area contributed by atoms with E-state index in [0.29, 0.717) is 12.8 Å². The van der Waals surface area contributed by atoms with Gasteiger partial charge in [0.2, 0.25) is 0 Å². The maximum atomic E-state index is 11.3. The van der Waals surface area contributed by atoms with Gasteiger partial charge in [0.25, 0.3) is 0 Å². The summed E-state index contributed by atoms with van der Waals surface area (Å²) in [6.07, 6.45) is 4.60. The molecule has 0 atom stereocenters. The molecule has 0 saturated heterocycles. The summed E-state index contributed by atoms with van der Waals surface area (Å²) >= 11 is 0. The van der Waals surface area contributed by atoms with E-state index in [0.717, 1.165) is 12.2 Å². The molecule has 1 fully saturated rings. The number of hydrogen-bond donors (Lipinski definition) is 0. The molecule has 0 amide bonds. The van der Waals surface area contributed by atoms with Gasteiger partial charge < -0.3 is 4.57 Å². The molecule has 80 valence electrons. The molecule has 0 aromatic carbocycles. The van der Waals surface area contributed by atoms with Crippen molar-refractivity contribution in [2.24, 2.45) is 0 Å². The fourth-order valence-electron chi connectivity index (χ4n) is 2.13. The summed E-state index contributed by atoms with van der Waals surface area (Å²) in [5, 5.41) is 0. The van der Waals surface area contributed by atoms with Crippen LogP contribution in [0.3, 0.4) is 0 Å². The quantitative estimate of drug-likeness (QED) is 0.685. The van der Waals surface area contributed by atoms with Gasteiger partial charge >= 0.3 is 0 Å². The summed E-state index contributed by atoms with van der Waals surface area (Å²) in [5.41, 5.74) is 1.01. The summed E-state index contributed by atoms with van der Waals surface area (Å²) in [4.78, 5) is 26.7. The molecule has 4 heteroatoms. The van der Waals surface area contributed by atoms with E-state index in [2.05, 4.69) is 4.98 Å². The number of nitrogens with zero attached hydrogens (tertiary/aromatic N) is 2. The van der Waals surface area contributed by atoms with Crippen molar-refractivity contribution in [3.63, 3.8) is 0 Å². The molecule has 1 aromatic heterocycles. The van der Waals surface area contributed by atoms with E-state index >= 15 is 0 Å². The number of Topliss-reactive ketones (excluding diaryl/α,β-unsaturated/α-hetero) is 2. The lowest BCUT2D eigenvalue weighted by Crippen LogP contribution is -2.22.